The number of hydrogen-bond donors (Lipinski definition) is 1. The van der Waals surface area contributed by atoms with Crippen molar-refractivity contribution in [2.75, 3.05) is 27.2 Å². The van der Waals surface area contributed by atoms with Gasteiger partial charge in [-0.25, -0.2) is 21.1 Å². The zero-order chi connectivity index (χ0) is 18.3. The summed E-state index contributed by atoms with van der Waals surface area (Å²) in [6.07, 6.45) is 0.206. The number of benzene rings is 1. The Morgan fingerprint density at radius 1 is 1.21 bits per heavy atom. The highest BCUT2D eigenvalue weighted by atomic mass is 32.2. The third kappa shape index (κ3) is 3.18. The highest BCUT2D eigenvalue weighted by Crippen LogP contribution is 2.34. The van der Waals surface area contributed by atoms with Crippen molar-refractivity contribution in [1.29, 1.82) is 0 Å². The second kappa shape index (κ2) is 6.10. The fourth-order valence-corrected chi connectivity index (χ4v) is 5.09. The van der Waals surface area contributed by atoms with Crippen LogP contribution in [0.3, 0.4) is 0 Å². The first-order chi connectivity index (χ1) is 10.9. The van der Waals surface area contributed by atoms with Crippen molar-refractivity contribution in [3.05, 3.63) is 24.3 Å². The molecule has 1 aromatic rings. The Balaban J connectivity index is 2.40. The van der Waals surface area contributed by atoms with E-state index in [2.05, 4.69) is 0 Å². The van der Waals surface area contributed by atoms with Crippen LogP contribution < -0.4 is 0 Å². The van der Waals surface area contributed by atoms with Crippen molar-refractivity contribution in [1.82, 2.24) is 8.61 Å². The van der Waals surface area contributed by atoms with Crippen molar-refractivity contribution in [3.63, 3.8) is 0 Å². The van der Waals surface area contributed by atoms with Gasteiger partial charge in [-0.15, -0.1) is 0 Å². The predicted octanol–water partition coefficient (Wildman–Crippen LogP) is 0.422. The normalized spacial score (nSPS) is 22.8. The number of rotatable bonds is 5. The van der Waals surface area contributed by atoms with E-state index in [1.165, 1.54) is 39.2 Å². The van der Waals surface area contributed by atoms with Crippen LogP contribution in [0.2, 0.25) is 0 Å². The minimum atomic E-state index is -3.96. The lowest BCUT2D eigenvalue weighted by atomic mass is 9.90. The number of sulfonamides is 2. The van der Waals surface area contributed by atoms with Crippen LogP contribution in [0.25, 0.3) is 0 Å². The third-order valence-electron chi connectivity index (χ3n) is 4.18. The molecule has 1 aliphatic heterocycles. The van der Waals surface area contributed by atoms with Gasteiger partial charge in [-0.1, -0.05) is 6.07 Å². The molecule has 0 aliphatic carbocycles. The van der Waals surface area contributed by atoms with Crippen molar-refractivity contribution in [2.24, 2.45) is 5.41 Å². The summed E-state index contributed by atoms with van der Waals surface area (Å²) in [6, 6.07) is 5.08. The van der Waals surface area contributed by atoms with Crippen LogP contribution in [0.15, 0.2) is 34.1 Å². The first-order valence-corrected chi connectivity index (χ1v) is 10.1. The Bertz CT molecular complexity index is 863. The lowest BCUT2D eigenvalue weighted by molar-refractivity contribution is -0.146. The number of carboxylic acid groups (broad SMARTS) is 1. The molecule has 0 spiro atoms. The first kappa shape index (κ1) is 18.8. The molecule has 1 heterocycles. The van der Waals surface area contributed by atoms with Crippen LogP contribution in [-0.2, 0) is 24.8 Å². The minimum Gasteiger partial charge on any atom is -0.481 e. The van der Waals surface area contributed by atoms with Gasteiger partial charge in [0.15, 0.2) is 0 Å². The Morgan fingerprint density at radius 3 is 2.29 bits per heavy atom. The quantitative estimate of drug-likeness (QED) is 0.797. The van der Waals surface area contributed by atoms with Gasteiger partial charge in [0.25, 0.3) is 0 Å². The Morgan fingerprint density at radius 2 is 1.79 bits per heavy atom. The van der Waals surface area contributed by atoms with Gasteiger partial charge >= 0.3 is 5.97 Å². The van der Waals surface area contributed by atoms with Crippen LogP contribution in [-0.4, -0.2) is 63.7 Å². The molecule has 8 nitrogen and oxygen atoms in total. The summed E-state index contributed by atoms with van der Waals surface area (Å²) in [6.45, 7) is 1.43. The molecule has 1 saturated heterocycles. The molecule has 10 heteroatoms. The SMILES string of the molecule is CN(C)S(=O)(=O)c1cccc(S(=O)(=O)N2CCC(C)(C(=O)O)C2)c1. The lowest BCUT2D eigenvalue weighted by Crippen LogP contribution is -2.35. The van der Waals surface area contributed by atoms with Gasteiger partial charge in [0.2, 0.25) is 20.0 Å². The summed E-state index contributed by atoms with van der Waals surface area (Å²) in [5.74, 6) is -1.05. The molecule has 1 aliphatic rings. The summed E-state index contributed by atoms with van der Waals surface area (Å²) >= 11 is 0. The maximum Gasteiger partial charge on any atom is 0.310 e. The van der Waals surface area contributed by atoms with Crippen LogP contribution in [0.4, 0.5) is 0 Å². The third-order valence-corrected chi connectivity index (χ3v) is 7.83. The highest BCUT2D eigenvalue weighted by molar-refractivity contribution is 7.90. The standard InChI is InChI=1S/C14H20N2O6S2/c1-14(13(17)18)7-8-16(10-14)24(21,22)12-6-4-5-11(9-12)23(19,20)15(2)3/h4-6,9H,7-8,10H2,1-3H3,(H,17,18). The lowest BCUT2D eigenvalue weighted by Gasteiger charge is -2.20. The van der Waals surface area contributed by atoms with Crippen molar-refractivity contribution >= 4 is 26.0 Å². The largest absolute Gasteiger partial charge is 0.481 e. The maximum absolute atomic E-state index is 12.7. The number of carbonyl (C=O) groups is 1. The minimum absolute atomic E-state index is 0.0792. The molecule has 24 heavy (non-hydrogen) atoms. The van der Waals surface area contributed by atoms with Crippen molar-refractivity contribution in [2.45, 2.75) is 23.1 Å². The fourth-order valence-electron chi connectivity index (χ4n) is 2.45. The van der Waals surface area contributed by atoms with E-state index in [9.17, 15) is 26.7 Å². The molecule has 2 rings (SSSR count). The van der Waals surface area contributed by atoms with Gasteiger partial charge in [-0.3, -0.25) is 4.79 Å². The van der Waals surface area contributed by atoms with Gasteiger partial charge in [0.1, 0.15) is 0 Å². The number of carboxylic acids is 1. The zero-order valence-electron chi connectivity index (χ0n) is 13.6. The van der Waals surface area contributed by atoms with E-state index in [4.69, 9.17) is 0 Å². The van der Waals surface area contributed by atoms with Crippen LogP contribution in [0.5, 0.6) is 0 Å². The Labute approximate surface area is 141 Å². The van der Waals surface area contributed by atoms with Gasteiger partial charge in [-0.05, 0) is 31.5 Å². The second-order valence-electron chi connectivity index (χ2n) is 6.22. The molecule has 0 saturated carbocycles. The van der Waals surface area contributed by atoms with Gasteiger partial charge in [0.05, 0.1) is 15.2 Å². The van der Waals surface area contributed by atoms with Crippen molar-refractivity contribution < 1.29 is 26.7 Å². The average Bonchev–Trinajstić information content (AvgIpc) is 2.92. The predicted molar refractivity (Wildman–Crippen MR) is 86.4 cm³/mol. The molecule has 0 bridgehead atoms. The number of nitrogens with zero attached hydrogens (tertiary/aromatic N) is 2. The van der Waals surface area contributed by atoms with Crippen LogP contribution in [0, 0.1) is 5.41 Å². The topological polar surface area (TPSA) is 112 Å². The summed E-state index contributed by atoms with van der Waals surface area (Å²) in [7, 11) is -5.02. The molecular weight excluding hydrogens is 356 g/mol. The summed E-state index contributed by atoms with van der Waals surface area (Å²) in [5.41, 5.74) is -1.14. The monoisotopic (exact) mass is 376 g/mol. The van der Waals surface area contributed by atoms with Crippen molar-refractivity contribution in [3.8, 4) is 0 Å². The summed E-state index contributed by atoms with van der Waals surface area (Å²) < 4.78 is 51.8. The van der Waals surface area contributed by atoms with E-state index in [0.717, 1.165) is 14.7 Å². The Kier molecular flexibility index (Phi) is 4.79. The van der Waals surface area contributed by atoms with Crippen LogP contribution >= 0.6 is 0 Å². The van der Waals surface area contributed by atoms with E-state index in [0.29, 0.717) is 0 Å². The van der Waals surface area contributed by atoms with E-state index in [-0.39, 0.29) is 29.3 Å². The molecule has 1 unspecified atom stereocenters. The van der Waals surface area contributed by atoms with E-state index in [1.807, 2.05) is 0 Å². The summed E-state index contributed by atoms with van der Waals surface area (Å²) in [4.78, 5) is 11.0. The van der Waals surface area contributed by atoms with Gasteiger partial charge in [-0.2, -0.15) is 4.31 Å². The van der Waals surface area contributed by atoms with E-state index in [1.54, 1.807) is 0 Å². The molecule has 0 amide bonds. The van der Waals surface area contributed by atoms with Gasteiger partial charge in [0, 0.05) is 27.2 Å². The molecule has 1 atom stereocenters. The highest BCUT2D eigenvalue weighted by Gasteiger charge is 2.45. The number of aliphatic carboxylic acids is 1. The zero-order valence-corrected chi connectivity index (χ0v) is 15.3. The average molecular weight is 376 g/mol. The molecule has 0 radical (unpaired) electrons. The van der Waals surface area contributed by atoms with Crippen LogP contribution in [0.1, 0.15) is 13.3 Å². The maximum atomic E-state index is 12.7. The molecule has 0 aromatic heterocycles. The second-order valence-corrected chi connectivity index (χ2v) is 10.3. The molecular formula is C14H20N2O6S2. The molecule has 1 N–H and O–H groups in total. The smallest absolute Gasteiger partial charge is 0.310 e. The summed E-state index contributed by atoms with van der Waals surface area (Å²) in [5, 5.41) is 9.23. The molecule has 134 valence electrons. The van der Waals surface area contributed by atoms with E-state index < -0.39 is 31.4 Å². The van der Waals surface area contributed by atoms with E-state index >= 15 is 0 Å². The first-order valence-electron chi connectivity index (χ1n) is 7.17. The number of hydrogen-bond acceptors (Lipinski definition) is 5. The Hall–Kier alpha value is -1.49. The van der Waals surface area contributed by atoms with Gasteiger partial charge < -0.3 is 5.11 Å². The fraction of sp³-hybridized carbons (Fsp3) is 0.500. The molecule has 1 fully saturated rings. The molecule has 1 aromatic carbocycles.